The van der Waals surface area contributed by atoms with Gasteiger partial charge in [0.15, 0.2) is 0 Å². The first-order valence-corrected chi connectivity index (χ1v) is 6.44. The van der Waals surface area contributed by atoms with E-state index < -0.39 is 5.97 Å². The van der Waals surface area contributed by atoms with Crippen LogP contribution in [0.3, 0.4) is 0 Å². The molecule has 5 nitrogen and oxygen atoms in total. The third-order valence-corrected chi connectivity index (χ3v) is 3.61. The predicted octanol–water partition coefficient (Wildman–Crippen LogP) is 2.40. The van der Waals surface area contributed by atoms with Crippen LogP contribution in [0.1, 0.15) is 20.1 Å². The molecule has 2 rings (SSSR count). The fourth-order valence-corrected chi connectivity index (χ4v) is 2.36. The lowest BCUT2D eigenvalue weighted by molar-refractivity contribution is 0.0475. The normalized spacial score (nSPS) is 10.2. The number of anilines is 1. The highest BCUT2D eigenvalue weighted by molar-refractivity contribution is 7.14. The molecule has 0 aromatic carbocycles. The molecular weight excluding hydrogens is 264 g/mol. The molecule has 0 unspecified atom stereocenters. The Hall–Kier alpha value is -2.08. The van der Waals surface area contributed by atoms with Gasteiger partial charge in [0.2, 0.25) is 5.88 Å². The smallest absolute Gasteiger partial charge is 0.348 e. The zero-order valence-corrected chi connectivity index (χ0v) is 11.5. The summed E-state index contributed by atoms with van der Waals surface area (Å²) in [4.78, 5) is 17.3. The SMILES string of the molecule is COc1ncccc1COC(=O)c1cc(N)c(C)s1. The number of aromatic nitrogens is 1. The largest absolute Gasteiger partial charge is 0.481 e. The molecule has 0 amide bonds. The van der Waals surface area contributed by atoms with Crippen molar-refractivity contribution in [2.24, 2.45) is 0 Å². The van der Waals surface area contributed by atoms with Gasteiger partial charge in [-0.05, 0) is 25.1 Å². The van der Waals surface area contributed by atoms with Crippen molar-refractivity contribution in [3.05, 3.63) is 39.7 Å². The summed E-state index contributed by atoms with van der Waals surface area (Å²) in [7, 11) is 1.52. The minimum atomic E-state index is -0.393. The summed E-state index contributed by atoms with van der Waals surface area (Å²) in [5.74, 6) is 0.0629. The first-order valence-electron chi connectivity index (χ1n) is 5.62. The molecule has 0 spiro atoms. The number of nitrogens with two attached hydrogens (primary N) is 1. The maximum Gasteiger partial charge on any atom is 0.348 e. The van der Waals surface area contributed by atoms with Gasteiger partial charge < -0.3 is 15.2 Å². The Bertz CT molecular complexity index is 576. The second-order valence-electron chi connectivity index (χ2n) is 3.87. The lowest BCUT2D eigenvalue weighted by Gasteiger charge is -2.07. The van der Waals surface area contributed by atoms with Gasteiger partial charge in [-0.2, -0.15) is 0 Å². The molecule has 0 atom stereocenters. The van der Waals surface area contributed by atoms with E-state index in [2.05, 4.69) is 4.98 Å². The highest BCUT2D eigenvalue weighted by atomic mass is 32.1. The number of nitrogens with zero attached hydrogens (tertiary/aromatic N) is 1. The number of pyridine rings is 1. The number of carbonyl (C=O) groups excluding carboxylic acids is 1. The molecule has 0 fully saturated rings. The zero-order chi connectivity index (χ0) is 13.8. The van der Waals surface area contributed by atoms with Crippen LogP contribution in [0.4, 0.5) is 5.69 Å². The number of nitrogen functional groups attached to an aromatic ring is 1. The molecule has 0 radical (unpaired) electrons. The Morgan fingerprint density at radius 2 is 2.32 bits per heavy atom. The highest BCUT2D eigenvalue weighted by Gasteiger charge is 2.13. The van der Waals surface area contributed by atoms with Gasteiger partial charge in [-0.25, -0.2) is 9.78 Å². The van der Waals surface area contributed by atoms with E-state index in [1.807, 2.05) is 6.92 Å². The maximum absolute atomic E-state index is 11.9. The molecule has 2 heterocycles. The molecule has 0 saturated heterocycles. The van der Waals surface area contributed by atoms with Crippen molar-refractivity contribution >= 4 is 23.0 Å². The van der Waals surface area contributed by atoms with Gasteiger partial charge in [-0.1, -0.05) is 0 Å². The molecule has 6 heteroatoms. The predicted molar refractivity (Wildman–Crippen MR) is 73.4 cm³/mol. The topological polar surface area (TPSA) is 74.4 Å². The zero-order valence-electron chi connectivity index (χ0n) is 10.7. The number of methoxy groups -OCH3 is 1. The first-order chi connectivity index (χ1) is 9.11. The summed E-state index contributed by atoms with van der Waals surface area (Å²) < 4.78 is 10.3. The van der Waals surface area contributed by atoms with Crippen molar-refractivity contribution < 1.29 is 14.3 Å². The molecule has 2 N–H and O–H groups in total. The fraction of sp³-hybridized carbons (Fsp3) is 0.231. The summed E-state index contributed by atoms with van der Waals surface area (Å²) in [5.41, 5.74) is 7.03. The van der Waals surface area contributed by atoms with Gasteiger partial charge in [0.25, 0.3) is 0 Å². The van der Waals surface area contributed by atoms with Crippen LogP contribution in [0, 0.1) is 6.92 Å². The van der Waals surface area contributed by atoms with Crippen molar-refractivity contribution in [2.75, 3.05) is 12.8 Å². The van der Waals surface area contributed by atoms with Gasteiger partial charge in [0.05, 0.1) is 12.7 Å². The minimum absolute atomic E-state index is 0.118. The average Bonchev–Trinajstić information content (AvgIpc) is 2.76. The second kappa shape index (κ2) is 5.71. The van der Waals surface area contributed by atoms with E-state index in [0.29, 0.717) is 16.4 Å². The number of hydrogen-bond donors (Lipinski definition) is 1. The Balaban J connectivity index is 2.04. The summed E-state index contributed by atoms with van der Waals surface area (Å²) in [6, 6.07) is 5.19. The van der Waals surface area contributed by atoms with Gasteiger partial charge in [0.1, 0.15) is 11.5 Å². The first kappa shape index (κ1) is 13.4. The van der Waals surface area contributed by atoms with Crippen LogP contribution >= 0.6 is 11.3 Å². The summed E-state index contributed by atoms with van der Waals surface area (Å²) in [6.07, 6.45) is 1.62. The minimum Gasteiger partial charge on any atom is -0.481 e. The summed E-state index contributed by atoms with van der Waals surface area (Å²) in [5, 5.41) is 0. The van der Waals surface area contributed by atoms with Gasteiger partial charge >= 0.3 is 5.97 Å². The quantitative estimate of drug-likeness (QED) is 0.869. The van der Waals surface area contributed by atoms with E-state index in [0.717, 1.165) is 10.4 Å². The van der Waals surface area contributed by atoms with Crippen molar-refractivity contribution in [1.29, 1.82) is 0 Å². The number of aryl methyl sites for hydroxylation is 1. The third-order valence-electron chi connectivity index (χ3n) is 2.56. The molecule has 100 valence electrons. The standard InChI is InChI=1S/C13H14N2O3S/c1-8-10(14)6-11(19-8)13(16)18-7-9-4-3-5-15-12(9)17-2/h3-6H,7,14H2,1-2H3. The molecule has 19 heavy (non-hydrogen) atoms. The molecule has 2 aromatic heterocycles. The molecule has 0 aliphatic rings. The Kier molecular flexibility index (Phi) is 4.01. The van der Waals surface area contributed by atoms with E-state index in [1.54, 1.807) is 24.4 Å². The highest BCUT2D eigenvalue weighted by Crippen LogP contribution is 2.24. The average molecular weight is 278 g/mol. The lowest BCUT2D eigenvalue weighted by atomic mass is 10.3. The van der Waals surface area contributed by atoms with E-state index >= 15 is 0 Å². The molecule has 0 saturated carbocycles. The maximum atomic E-state index is 11.9. The van der Waals surface area contributed by atoms with Gasteiger partial charge in [-0.15, -0.1) is 11.3 Å². The number of thiophene rings is 1. The van der Waals surface area contributed by atoms with Gasteiger partial charge in [0, 0.05) is 16.8 Å². The fourth-order valence-electron chi connectivity index (χ4n) is 1.53. The number of carbonyl (C=O) groups is 1. The van der Waals surface area contributed by atoms with E-state index in [-0.39, 0.29) is 6.61 Å². The molecular formula is C13H14N2O3S. The van der Waals surface area contributed by atoms with Crippen LogP contribution in [0.5, 0.6) is 5.88 Å². The molecule has 0 aliphatic heterocycles. The third kappa shape index (κ3) is 3.03. The van der Waals surface area contributed by atoms with Crippen molar-refractivity contribution in [2.45, 2.75) is 13.5 Å². The van der Waals surface area contributed by atoms with Crippen LogP contribution in [-0.2, 0) is 11.3 Å². The number of esters is 1. The van der Waals surface area contributed by atoms with E-state index in [9.17, 15) is 4.79 Å². The van der Waals surface area contributed by atoms with Crippen LogP contribution in [0.25, 0.3) is 0 Å². The molecule has 2 aromatic rings. The summed E-state index contributed by atoms with van der Waals surface area (Å²) in [6.45, 7) is 1.98. The second-order valence-corrected chi connectivity index (χ2v) is 5.13. The number of hydrogen-bond acceptors (Lipinski definition) is 6. The summed E-state index contributed by atoms with van der Waals surface area (Å²) >= 11 is 1.32. The molecule has 0 bridgehead atoms. The van der Waals surface area contributed by atoms with Crippen molar-refractivity contribution in [3.8, 4) is 5.88 Å². The lowest BCUT2D eigenvalue weighted by Crippen LogP contribution is -2.05. The monoisotopic (exact) mass is 278 g/mol. The van der Waals surface area contributed by atoms with Crippen molar-refractivity contribution in [3.63, 3.8) is 0 Å². The van der Waals surface area contributed by atoms with E-state index in [4.69, 9.17) is 15.2 Å². The van der Waals surface area contributed by atoms with Crippen LogP contribution in [-0.4, -0.2) is 18.1 Å². The van der Waals surface area contributed by atoms with Crippen LogP contribution < -0.4 is 10.5 Å². The van der Waals surface area contributed by atoms with Crippen LogP contribution in [0.15, 0.2) is 24.4 Å². The number of rotatable bonds is 4. The number of ether oxygens (including phenoxy) is 2. The van der Waals surface area contributed by atoms with Gasteiger partial charge in [-0.3, -0.25) is 0 Å². The molecule has 0 aliphatic carbocycles. The Morgan fingerprint density at radius 3 is 2.95 bits per heavy atom. The van der Waals surface area contributed by atoms with Crippen molar-refractivity contribution in [1.82, 2.24) is 4.98 Å². The van der Waals surface area contributed by atoms with Crippen LogP contribution in [0.2, 0.25) is 0 Å². The Morgan fingerprint density at radius 1 is 1.53 bits per heavy atom. The van der Waals surface area contributed by atoms with E-state index in [1.165, 1.54) is 18.4 Å². The Labute approximate surface area is 115 Å².